The molecule has 0 aromatic rings. The van der Waals surface area contributed by atoms with E-state index in [2.05, 4.69) is 9.24 Å². The second kappa shape index (κ2) is 4.39. The van der Waals surface area contributed by atoms with Gasteiger partial charge in [-0.25, -0.2) is 0 Å². The van der Waals surface area contributed by atoms with E-state index in [-0.39, 0.29) is 0 Å². The summed E-state index contributed by atoms with van der Waals surface area (Å²) in [5, 5.41) is 0. The van der Waals surface area contributed by atoms with Crippen LogP contribution in [0.5, 0.6) is 0 Å². The highest BCUT2D eigenvalue weighted by molar-refractivity contribution is 7.16. The molecular formula is C3H7OP. The highest BCUT2D eigenvalue weighted by Gasteiger charge is 1.65. The maximum atomic E-state index is 4.70. The molecule has 0 amide bonds. The molecule has 0 saturated carbocycles. The van der Waals surface area contributed by atoms with Crippen LogP contribution in [-0.2, 0) is 4.74 Å². The van der Waals surface area contributed by atoms with Crippen LogP contribution in [0.3, 0.4) is 0 Å². The van der Waals surface area contributed by atoms with Crippen LogP contribution in [0.1, 0.15) is 6.92 Å². The zero-order chi connectivity index (χ0) is 4.12. The maximum Gasteiger partial charge on any atom is 0.0747 e. The minimum absolute atomic E-state index is 0.538. The molecule has 0 saturated heterocycles. The molecule has 0 atom stereocenters. The van der Waals surface area contributed by atoms with Crippen molar-refractivity contribution in [1.29, 1.82) is 0 Å². The standard InChI is InChI=1S/C3H7OP/c1-2-4-3-5/h2-3H2,1H3. The topological polar surface area (TPSA) is 9.23 Å². The zero-order valence-electron chi connectivity index (χ0n) is 3.27. The van der Waals surface area contributed by atoms with Gasteiger partial charge in [-0.15, -0.1) is 0 Å². The molecule has 0 unspecified atom stereocenters. The van der Waals surface area contributed by atoms with E-state index in [0.29, 0.717) is 6.35 Å². The van der Waals surface area contributed by atoms with Gasteiger partial charge in [0, 0.05) is 6.61 Å². The first-order valence-electron chi connectivity index (χ1n) is 1.60. The van der Waals surface area contributed by atoms with E-state index < -0.39 is 0 Å². The maximum absolute atomic E-state index is 4.70. The SMILES string of the molecule is CCOC[P]. The van der Waals surface area contributed by atoms with Crippen LogP contribution in [0.2, 0.25) is 0 Å². The third kappa shape index (κ3) is 4.39. The molecule has 2 heteroatoms. The van der Waals surface area contributed by atoms with E-state index in [0.717, 1.165) is 6.61 Å². The van der Waals surface area contributed by atoms with Crippen LogP contribution >= 0.6 is 9.24 Å². The average molecular weight is 90.1 g/mol. The molecule has 0 aliphatic carbocycles. The van der Waals surface area contributed by atoms with Gasteiger partial charge in [0.25, 0.3) is 0 Å². The molecule has 0 spiro atoms. The van der Waals surface area contributed by atoms with E-state index in [1.165, 1.54) is 0 Å². The van der Waals surface area contributed by atoms with Gasteiger partial charge in [0.15, 0.2) is 0 Å². The molecule has 5 heavy (non-hydrogen) atoms. The highest BCUT2D eigenvalue weighted by Crippen LogP contribution is 1.78. The first-order valence-corrected chi connectivity index (χ1v) is 2.23. The van der Waals surface area contributed by atoms with Gasteiger partial charge in [0.2, 0.25) is 0 Å². The number of ether oxygens (including phenoxy) is 1. The lowest BCUT2D eigenvalue weighted by atomic mass is 10.9. The fourth-order valence-electron chi connectivity index (χ4n) is 0.0913. The number of rotatable bonds is 2. The molecular weight excluding hydrogens is 83.0 g/mol. The van der Waals surface area contributed by atoms with Crippen molar-refractivity contribution in [2.45, 2.75) is 6.92 Å². The van der Waals surface area contributed by atoms with Crippen LogP contribution in [0.15, 0.2) is 0 Å². The largest absolute Gasteiger partial charge is 0.377 e. The summed E-state index contributed by atoms with van der Waals surface area (Å²) in [5.74, 6) is 0. The Morgan fingerprint density at radius 2 is 2.40 bits per heavy atom. The summed E-state index contributed by atoms with van der Waals surface area (Å²) >= 11 is 0. The predicted octanol–water partition coefficient (Wildman–Crippen LogP) is 1.39. The van der Waals surface area contributed by atoms with Crippen molar-refractivity contribution in [3.8, 4) is 0 Å². The summed E-state index contributed by atoms with van der Waals surface area (Å²) in [4.78, 5) is 0. The van der Waals surface area contributed by atoms with Gasteiger partial charge >= 0.3 is 0 Å². The van der Waals surface area contributed by atoms with Crippen molar-refractivity contribution in [2.75, 3.05) is 13.0 Å². The summed E-state index contributed by atoms with van der Waals surface area (Å²) in [7, 11) is 3.78. The van der Waals surface area contributed by atoms with E-state index >= 15 is 0 Å². The zero-order valence-corrected chi connectivity index (χ0v) is 4.16. The molecule has 0 rings (SSSR count). The summed E-state index contributed by atoms with van der Waals surface area (Å²) in [6, 6.07) is 0. The molecule has 0 aromatic carbocycles. The van der Waals surface area contributed by atoms with Crippen molar-refractivity contribution in [2.24, 2.45) is 0 Å². The second-order valence-electron chi connectivity index (χ2n) is 0.622. The minimum Gasteiger partial charge on any atom is -0.377 e. The molecule has 0 aliphatic rings. The summed E-state index contributed by atoms with van der Waals surface area (Å²) in [6.07, 6.45) is 0.538. The molecule has 2 radical (unpaired) electrons. The van der Waals surface area contributed by atoms with Crippen LogP contribution in [0.25, 0.3) is 0 Å². The molecule has 0 aliphatic heterocycles. The van der Waals surface area contributed by atoms with Gasteiger partial charge in [-0.2, -0.15) is 0 Å². The Balaban J connectivity index is 2.19. The lowest BCUT2D eigenvalue weighted by Gasteiger charge is -1.85. The first kappa shape index (κ1) is 5.39. The van der Waals surface area contributed by atoms with Gasteiger partial charge < -0.3 is 4.74 Å². The number of hydrogen-bond acceptors (Lipinski definition) is 1. The average Bonchev–Trinajstić information content (AvgIpc) is 1.41. The van der Waals surface area contributed by atoms with Gasteiger partial charge in [-0.05, 0) is 16.2 Å². The smallest absolute Gasteiger partial charge is 0.0747 e. The van der Waals surface area contributed by atoms with Crippen molar-refractivity contribution >= 4 is 9.24 Å². The highest BCUT2D eigenvalue weighted by atomic mass is 31.0. The molecule has 30 valence electrons. The molecule has 0 bridgehead atoms. The predicted molar refractivity (Wildman–Crippen MR) is 23.4 cm³/mol. The molecule has 0 N–H and O–H groups in total. The van der Waals surface area contributed by atoms with Gasteiger partial charge in [0.1, 0.15) is 0 Å². The van der Waals surface area contributed by atoms with Gasteiger partial charge in [-0.3, -0.25) is 0 Å². The van der Waals surface area contributed by atoms with E-state index in [1.807, 2.05) is 6.92 Å². The van der Waals surface area contributed by atoms with Crippen molar-refractivity contribution < 1.29 is 4.74 Å². The lowest BCUT2D eigenvalue weighted by Crippen LogP contribution is -1.80. The third-order valence-electron chi connectivity index (χ3n) is 0.295. The Hall–Kier alpha value is 0.390. The number of hydrogen-bond donors (Lipinski definition) is 0. The molecule has 1 nitrogen and oxygen atoms in total. The first-order chi connectivity index (χ1) is 2.41. The normalized spacial score (nSPS) is 8.40. The second-order valence-corrected chi connectivity index (χ2v) is 0.880. The fourth-order valence-corrected chi connectivity index (χ4v) is 0.274. The molecule has 0 heterocycles. The van der Waals surface area contributed by atoms with Crippen LogP contribution in [0.4, 0.5) is 0 Å². The van der Waals surface area contributed by atoms with Crippen molar-refractivity contribution in [3.63, 3.8) is 0 Å². The van der Waals surface area contributed by atoms with Gasteiger partial charge in [-0.1, -0.05) is 0 Å². The Morgan fingerprint density at radius 3 is 2.40 bits per heavy atom. The summed E-state index contributed by atoms with van der Waals surface area (Å²) in [5.41, 5.74) is 0. The summed E-state index contributed by atoms with van der Waals surface area (Å²) < 4.78 is 4.70. The summed E-state index contributed by atoms with van der Waals surface area (Å²) in [6.45, 7) is 2.71. The van der Waals surface area contributed by atoms with Crippen LogP contribution in [0, 0.1) is 0 Å². The quantitative estimate of drug-likeness (QED) is 0.465. The van der Waals surface area contributed by atoms with Crippen molar-refractivity contribution in [3.05, 3.63) is 0 Å². The van der Waals surface area contributed by atoms with Crippen LogP contribution < -0.4 is 0 Å². The van der Waals surface area contributed by atoms with Gasteiger partial charge in [0.05, 0.1) is 6.35 Å². The lowest BCUT2D eigenvalue weighted by molar-refractivity contribution is 0.198. The van der Waals surface area contributed by atoms with Crippen LogP contribution in [-0.4, -0.2) is 13.0 Å². The van der Waals surface area contributed by atoms with E-state index in [9.17, 15) is 0 Å². The monoisotopic (exact) mass is 90.0 g/mol. The molecule has 0 aromatic heterocycles. The van der Waals surface area contributed by atoms with E-state index in [1.54, 1.807) is 0 Å². The Morgan fingerprint density at radius 1 is 1.80 bits per heavy atom. The Bertz CT molecular complexity index is 14.4. The van der Waals surface area contributed by atoms with Crippen molar-refractivity contribution in [1.82, 2.24) is 0 Å². The Labute approximate surface area is 34.9 Å². The Kier molecular flexibility index (Phi) is 4.73. The molecule has 0 fully saturated rings. The third-order valence-corrected chi connectivity index (χ3v) is 0.478. The fraction of sp³-hybridized carbons (Fsp3) is 1.00. The van der Waals surface area contributed by atoms with E-state index in [4.69, 9.17) is 4.74 Å². The minimum atomic E-state index is 0.538.